The van der Waals surface area contributed by atoms with Crippen molar-refractivity contribution in [1.82, 2.24) is 0 Å². The Morgan fingerprint density at radius 1 is 1.15 bits per heavy atom. The lowest BCUT2D eigenvalue weighted by atomic mass is 10.2. The summed E-state index contributed by atoms with van der Waals surface area (Å²) in [5.41, 5.74) is 5.91. The third kappa shape index (κ3) is 2.93. The first-order valence-corrected chi connectivity index (χ1v) is 7.45. The summed E-state index contributed by atoms with van der Waals surface area (Å²) in [6, 6.07) is 12.6. The Kier molecular flexibility index (Phi) is 3.99. The van der Waals surface area contributed by atoms with Crippen molar-refractivity contribution in [1.29, 1.82) is 0 Å². The molecule has 106 valence electrons. The fourth-order valence-electron chi connectivity index (χ4n) is 1.83. The molecule has 0 aliphatic carbocycles. The largest absolute Gasteiger partial charge is 0.506 e. The van der Waals surface area contributed by atoms with Crippen molar-refractivity contribution in [2.24, 2.45) is 5.50 Å². The predicted octanol–water partition coefficient (Wildman–Crippen LogP) is 2.60. The van der Waals surface area contributed by atoms with E-state index in [9.17, 15) is 14.6 Å². The van der Waals surface area contributed by atoms with Crippen LogP contribution in [0.3, 0.4) is 0 Å². The average molecular weight is 294 g/mol. The zero-order valence-electron chi connectivity index (χ0n) is 10.8. The second-order valence-corrected chi connectivity index (χ2v) is 5.67. The summed E-state index contributed by atoms with van der Waals surface area (Å²) in [6.45, 7) is 0. The van der Waals surface area contributed by atoms with Crippen LogP contribution in [0.4, 0.5) is 11.4 Å². The molecule has 0 amide bonds. The highest BCUT2D eigenvalue weighted by Crippen LogP contribution is 2.49. The van der Waals surface area contributed by atoms with Crippen LogP contribution in [0.1, 0.15) is 0 Å². The second kappa shape index (κ2) is 5.54. The minimum atomic E-state index is -4.14. The van der Waals surface area contributed by atoms with Crippen LogP contribution in [0.2, 0.25) is 0 Å². The summed E-state index contributed by atoms with van der Waals surface area (Å²) >= 11 is 0. The minimum absolute atomic E-state index is 0.136. The number of phenols is 1. The molecule has 2 aromatic rings. The van der Waals surface area contributed by atoms with Crippen molar-refractivity contribution in [2.75, 3.05) is 11.8 Å². The van der Waals surface area contributed by atoms with Gasteiger partial charge in [-0.25, -0.2) is 10.1 Å². The maximum atomic E-state index is 11.9. The van der Waals surface area contributed by atoms with E-state index in [1.807, 2.05) is 0 Å². The summed E-state index contributed by atoms with van der Waals surface area (Å²) in [7, 11) is -2.61. The van der Waals surface area contributed by atoms with Crippen LogP contribution in [0.5, 0.6) is 11.5 Å². The lowest BCUT2D eigenvalue weighted by Gasteiger charge is -2.27. The molecule has 4 N–H and O–H groups in total. The summed E-state index contributed by atoms with van der Waals surface area (Å²) in [5.74, 6) is 0.471. The summed E-state index contributed by atoms with van der Waals surface area (Å²) in [4.78, 5) is 9.75. The Hall–Kier alpha value is -2.01. The van der Waals surface area contributed by atoms with E-state index in [0.29, 0.717) is 11.4 Å². The molecule has 0 aliphatic rings. The van der Waals surface area contributed by atoms with Gasteiger partial charge >= 0.3 is 7.67 Å². The molecule has 0 radical (unpaired) electrons. The molecule has 0 heterocycles. The Balaban J connectivity index is 2.54. The third-order valence-corrected chi connectivity index (χ3v) is 3.73. The van der Waals surface area contributed by atoms with E-state index in [0.717, 1.165) is 4.67 Å². The van der Waals surface area contributed by atoms with Gasteiger partial charge in [0.1, 0.15) is 11.5 Å². The van der Waals surface area contributed by atoms with Crippen LogP contribution < -0.4 is 14.9 Å². The number of aromatic hydroxyl groups is 1. The summed E-state index contributed by atoms with van der Waals surface area (Å²) in [5, 5.41) is 9.85. The van der Waals surface area contributed by atoms with E-state index in [-0.39, 0.29) is 11.4 Å². The molecule has 6 nitrogen and oxygen atoms in total. The zero-order valence-corrected chi connectivity index (χ0v) is 11.7. The highest BCUT2D eigenvalue weighted by Gasteiger charge is 2.27. The Labute approximate surface area is 116 Å². The van der Waals surface area contributed by atoms with E-state index in [1.54, 1.807) is 36.4 Å². The molecule has 7 heteroatoms. The molecule has 2 aromatic carbocycles. The molecule has 0 saturated carbocycles. The SMILES string of the molecule is COc1ccc(N(c2ccccc2O)P(N)(=O)O)cc1. The van der Waals surface area contributed by atoms with E-state index in [2.05, 4.69) is 0 Å². The van der Waals surface area contributed by atoms with Gasteiger partial charge in [-0.15, -0.1) is 0 Å². The number of ether oxygens (including phenoxy) is 1. The molecule has 1 atom stereocenters. The van der Waals surface area contributed by atoms with Crippen molar-refractivity contribution >= 4 is 19.0 Å². The van der Waals surface area contributed by atoms with Gasteiger partial charge in [0, 0.05) is 0 Å². The van der Waals surface area contributed by atoms with E-state index in [1.165, 1.54) is 19.2 Å². The van der Waals surface area contributed by atoms with Gasteiger partial charge in [-0.1, -0.05) is 12.1 Å². The van der Waals surface area contributed by atoms with E-state index >= 15 is 0 Å². The molecule has 0 fully saturated rings. The van der Waals surface area contributed by atoms with Crippen LogP contribution in [0, 0.1) is 0 Å². The molecule has 0 aromatic heterocycles. The van der Waals surface area contributed by atoms with Crippen molar-refractivity contribution in [3.8, 4) is 11.5 Å². The predicted molar refractivity (Wildman–Crippen MR) is 77.3 cm³/mol. The first-order valence-electron chi connectivity index (χ1n) is 5.77. The quantitative estimate of drug-likeness (QED) is 0.750. The number of benzene rings is 2. The van der Waals surface area contributed by atoms with Crippen molar-refractivity contribution in [3.63, 3.8) is 0 Å². The third-order valence-electron chi connectivity index (χ3n) is 2.71. The standard InChI is InChI=1S/C13H15N2O4P/c1-19-11-8-6-10(7-9-11)15(20(14,17)18)12-4-2-3-5-13(12)16/h2-9,16H,1H3,(H3,14,17,18). The fourth-order valence-corrected chi connectivity index (χ4v) is 2.77. The second-order valence-electron chi connectivity index (χ2n) is 4.09. The molecular formula is C13H15N2O4P. The number of anilines is 2. The Morgan fingerprint density at radius 2 is 1.75 bits per heavy atom. The maximum Gasteiger partial charge on any atom is 0.367 e. The number of rotatable bonds is 4. The van der Waals surface area contributed by atoms with E-state index < -0.39 is 7.67 Å². The molecule has 0 aliphatic heterocycles. The fraction of sp³-hybridized carbons (Fsp3) is 0.0769. The average Bonchev–Trinajstić information content (AvgIpc) is 2.41. The highest BCUT2D eigenvalue weighted by atomic mass is 31.2. The molecular weight excluding hydrogens is 279 g/mol. The number of hydrogen-bond acceptors (Lipinski definition) is 3. The Bertz CT molecular complexity index is 639. The highest BCUT2D eigenvalue weighted by molar-refractivity contribution is 7.57. The molecule has 0 spiro atoms. The van der Waals surface area contributed by atoms with Crippen LogP contribution in [0.25, 0.3) is 0 Å². The summed E-state index contributed by atoms with van der Waals surface area (Å²) in [6.07, 6.45) is 0. The summed E-state index contributed by atoms with van der Waals surface area (Å²) < 4.78 is 18.0. The topological polar surface area (TPSA) is 96.0 Å². The van der Waals surface area contributed by atoms with Gasteiger partial charge in [0.15, 0.2) is 0 Å². The van der Waals surface area contributed by atoms with E-state index in [4.69, 9.17) is 10.2 Å². The van der Waals surface area contributed by atoms with Crippen LogP contribution in [-0.2, 0) is 4.57 Å². The number of nitrogens with zero attached hydrogens (tertiary/aromatic N) is 1. The first-order chi connectivity index (χ1) is 9.43. The van der Waals surface area contributed by atoms with Gasteiger partial charge in [-0.05, 0) is 36.4 Å². The van der Waals surface area contributed by atoms with Gasteiger partial charge in [-0.2, -0.15) is 0 Å². The smallest absolute Gasteiger partial charge is 0.367 e. The van der Waals surface area contributed by atoms with Gasteiger partial charge in [-0.3, -0.25) is 4.67 Å². The first kappa shape index (κ1) is 14.4. The number of phenolic OH excluding ortho intramolecular Hbond substituents is 1. The van der Waals surface area contributed by atoms with Crippen LogP contribution in [-0.4, -0.2) is 17.1 Å². The van der Waals surface area contributed by atoms with Crippen molar-refractivity contribution in [2.45, 2.75) is 0 Å². The normalized spacial score (nSPS) is 13.6. The number of nitrogens with two attached hydrogens (primary N) is 1. The van der Waals surface area contributed by atoms with Gasteiger partial charge < -0.3 is 14.7 Å². The molecule has 2 rings (SSSR count). The number of para-hydroxylation sites is 2. The Morgan fingerprint density at radius 3 is 2.25 bits per heavy atom. The molecule has 0 saturated heterocycles. The molecule has 0 bridgehead atoms. The molecule has 1 unspecified atom stereocenters. The zero-order chi connectivity index (χ0) is 14.8. The lowest BCUT2D eigenvalue weighted by Crippen LogP contribution is -2.18. The molecule has 20 heavy (non-hydrogen) atoms. The van der Waals surface area contributed by atoms with Gasteiger partial charge in [0.05, 0.1) is 18.5 Å². The maximum absolute atomic E-state index is 11.9. The van der Waals surface area contributed by atoms with Gasteiger partial charge in [0.2, 0.25) is 0 Å². The number of methoxy groups -OCH3 is 1. The van der Waals surface area contributed by atoms with Crippen LogP contribution in [0.15, 0.2) is 48.5 Å². The lowest BCUT2D eigenvalue weighted by molar-refractivity contribution is 0.415. The minimum Gasteiger partial charge on any atom is -0.506 e. The van der Waals surface area contributed by atoms with Gasteiger partial charge in [0.25, 0.3) is 0 Å². The monoisotopic (exact) mass is 294 g/mol. The van der Waals surface area contributed by atoms with Crippen molar-refractivity contribution in [3.05, 3.63) is 48.5 Å². The number of hydrogen-bond donors (Lipinski definition) is 3. The van der Waals surface area contributed by atoms with Crippen molar-refractivity contribution < 1.29 is 19.3 Å². The van der Waals surface area contributed by atoms with Crippen LogP contribution >= 0.6 is 7.67 Å².